The standard InChI is InChI=1S/C23H33NO4/c25-18-21-16-20(10-11-22(21)26)23(27)17-24-13-6-1-2-7-14-28-15-12-19-8-4-3-5-9-19/h3-5,8-11,16,23-27H,1-2,6-7,12-15,17-18H2. The van der Waals surface area contributed by atoms with Gasteiger partial charge < -0.3 is 25.4 Å². The molecule has 0 aliphatic heterocycles. The van der Waals surface area contributed by atoms with Crippen LogP contribution in [0, 0.1) is 0 Å². The number of rotatable bonds is 14. The van der Waals surface area contributed by atoms with E-state index in [4.69, 9.17) is 4.74 Å². The molecule has 0 spiro atoms. The van der Waals surface area contributed by atoms with Crippen LogP contribution in [-0.4, -0.2) is 41.6 Å². The molecule has 2 rings (SSSR count). The van der Waals surface area contributed by atoms with Crippen LogP contribution in [0.5, 0.6) is 5.75 Å². The zero-order valence-corrected chi connectivity index (χ0v) is 16.5. The molecule has 5 nitrogen and oxygen atoms in total. The van der Waals surface area contributed by atoms with Gasteiger partial charge in [-0.1, -0.05) is 49.2 Å². The molecule has 0 saturated heterocycles. The average molecular weight is 388 g/mol. The van der Waals surface area contributed by atoms with Crippen molar-refractivity contribution in [2.45, 2.75) is 44.8 Å². The van der Waals surface area contributed by atoms with Crippen LogP contribution >= 0.6 is 0 Å². The van der Waals surface area contributed by atoms with E-state index in [2.05, 4.69) is 29.6 Å². The molecule has 0 aliphatic rings. The quantitative estimate of drug-likeness (QED) is 0.374. The molecule has 2 aromatic rings. The number of aliphatic hydroxyl groups is 2. The number of hydrogen-bond donors (Lipinski definition) is 4. The van der Waals surface area contributed by atoms with Crippen molar-refractivity contribution in [1.82, 2.24) is 5.32 Å². The van der Waals surface area contributed by atoms with E-state index in [0.29, 0.717) is 17.7 Å². The fourth-order valence-corrected chi connectivity index (χ4v) is 3.04. The third kappa shape index (κ3) is 8.40. The van der Waals surface area contributed by atoms with Crippen LogP contribution < -0.4 is 5.32 Å². The zero-order chi connectivity index (χ0) is 20.0. The number of nitrogens with one attached hydrogen (secondary N) is 1. The molecule has 0 aliphatic carbocycles. The van der Waals surface area contributed by atoms with E-state index in [1.54, 1.807) is 12.1 Å². The molecular weight excluding hydrogens is 354 g/mol. The van der Waals surface area contributed by atoms with Gasteiger partial charge in [-0.25, -0.2) is 0 Å². The Morgan fingerprint density at radius 2 is 1.71 bits per heavy atom. The van der Waals surface area contributed by atoms with E-state index >= 15 is 0 Å². The predicted octanol–water partition coefficient (Wildman–Crippen LogP) is 3.33. The summed E-state index contributed by atoms with van der Waals surface area (Å²) in [6.07, 6.45) is 4.74. The monoisotopic (exact) mass is 387 g/mol. The van der Waals surface area contributed by atoms with Crippen LogP contribution in [0.15, 0.2) is 48.5 Å². The Hall–Kier alpha value is -1.92. The highest BCUT2D eigenvalue weighted by Crippen LogP contribution is 2.22. The second-order valence-electron chi connectivity index (χ2n) is 7.03. The van der Waals surface area contributed by atoms with Gasteiger partial charge in [-0.05, 0) is 49.1 Å². The van der Waals surface area contributed by atoms with Crippen LogP contribution in [0.3, 0.4) is 0 Å². The highest BCUT2D eigenvalue weighted by molar-refractivity contribution is 5.36. The second kappa shape index (κ2) is 13.3. The van der Waals surface area contributed by atoms with Gasteiger partial charge in [0.15, 0.2) is 0 Å². The maximum absolute atomic E-state index is 10.2. The number of benzene rings is 2. The number of unbranched alkanes of at least 4 members (excludes halogenated alkanes) is 3. The molecule has 0 heterocycles. The molecule has 0 radical (unpaired) electrons. The number of hydrogen-bond acceptors (Lipinski definition) is 5. The summed E-state index contributed by atoms with van der Waals surface area (Å²) in [6.45, 7) is 2.66. The Labute approximate surface area is 168 Å². The van der Waals surface area contributed by atoms with Gasteiger partial charge in [0.05, 0.1) is 19.3 Å². The van der Waals surface area contributed by atoms with Crippen molar-refractivity contribution in [1.29, 1.82) is 0 Å². The van der Waals surface area contributed by atoms with Crippen LogP contribution in [0.1, 0.15) is 48.5 Å². The van der Waals surface area contributed by atoms with E-state index in [1.165, 1.54) is 11.6 Å². The first-order valence-corrected chi connectivity index (χ1v) is 10.1. The van der Waals surface area contributed by atoms with E-state index in [1.807, 2.05) is 6.07 Å². The Kier molecular flexibility index (Phi) is 10.6. The van der Waals surface area contributed by atoms with Gasteiger partial charge in [0.25, 0.3) is 0 Å². The summed E-state index contributed by atoms with van der Waals surface area (Å²) in [6, 6.07) is 15.2. The molecule has 1 unspecified atom stereocenters. The third-order valence-electron chi connectivity index (χ3n) is 4.77. The van der Waals surface area contributed by atoms with Crippen molar-refractivity contribution in [3.05, 3.63) is 65.2 Å². The summed E-state index contributed by atoms with van der Waals surface area (Å²) >= 11 is 0. The topological polar surface area (TPSA) is 82.0 Å². The first-order chi connectivity index (χ1) is 13.7. The molecule has 5 heteroatoms. The number of phenols is 1. The lowest BCUT2D eigenvalue weighted by Gasteiger charge is -2.14. The fraction of sp³-hybridized carbons (Fsp3) is 0.478. The first kappa shape index (κ1) is 22.4. The maximum atomic E-state index is 10.2. The predicted molar refractivity (Wildman–Crippen MR) is 111 cm³/mol. The van der Waals surface area contributed by atoms with Gasteiger partial charge in [0, 0.05) is 18.7 Å². The Bertz CT molecular complexity index is 663. The molecule has 0 amide bonds. The van der Waals surface area contributed by atoms with Crippen molar-refractivity contribution in [2.24, 2.45) is 0 Å². The highest BCUT2D eigenvalue weighted by atomic mass is 16.5. The Morgan fingerprint density at radius 1 is 0.929 bits per heavy atom. The van der Waals surface area contributed by atoms with Crippen LogP contribution in [-0.2, 0) is 17.8 Å². The Balaban J connectivity index is 1.44. The molecule has 1 atom stereocenters. The SMILES string of the molecule is OCc1cc(C(O)CNCCCCCCOCCc2ccccc2)ccc1O. The molecule has 0 saturated carbocycles. The van der Waals surface area contributed by atoms with E-state index in [0.717, 1.165) is 51.9 Å². The normalized spacial score (nSPS) is 12.2. The molecule has 0 bridgehead atoms. The van der Waals surface area contributed by atoms with E-state index < -0.39 is 6.10 Å². The summed E-state index contributed by atoms with van der Waals surface area (Å²) in [4.78, 5) is 0. The van der Waals surface area contributed by atoms with Crippen molar-refractivity contribution in [2.75, 3.05) is 26.3 Å². The number of aliphatic hydroxyl groups excluding tert-OH is 2. The van der Waals surface area contributed by atoms with Gasteiger partial charge in [0.1, 0.15) is 5.75 Å². The zero-order valence-electron chi connectivity index (χ0n) is 16.5. The minimum atomic E-state index is -0.649. The van der Waals surface area contributed by atoms with Crippen molar-refractivity contribution in [3.8, 4) is 5.75 Å². The number of aromatic hydroxyl groups is 1. The van der Waals surface area contributed by atoms with Gasteiger partial charge in [-0.2, -0.15) is 0 Å². The minimum absolute atomic E-state index is 0.0513. The maximum Gasteiger partial charge on any atom is 0.121 e. The molecular formula is C23H33NO4. The summed E-state index contributed by atoms with van der Waals surface area (Å²) in [5.74, 6) is 0.0513. The summed E-state index contributed by atoms with van der Waals surface area (Å²) in [5, 5.41) is 32.2. The van der Waals surface area contributed by atoms with Gasteiger partial charge >= 0.3 is 0 Å². The first-order valence-electron chi connectivity index (χ1n) is 10.1. The molecule has 154 valence electrons. The van der Waals surface area contributed by atoms with E-state index in [-0.39, 0.29) is 12.4 Å². The molecule has 0 fully saturated rings. The molecule has 2 aromatic carbocycles. The average Bonchev–Trinajstić information content (AvgIpc) is 2.73. The largest absolute Gasteiger partial charge is 0.508 e. The van der Waals surface area contributed by atoms with Gasteiger partial charge in [0.2, 0.25) is 0 Å². The van der Waals surface area contributed by atoms with Crippen LogP contribution in [0.2, 0.25) is 0 Å². The van der Waals surface area contributed by atoms with Crippen LogP contribution in [0.4, 0.5) is 0 Å². The lowest BCUT2D eigenvalue weighted by Crippen LogP contribution is -2.22. The third-order valence-corrected chi connectivity index (χ3v) is 4.77. The van der Waals surface area contributed by atoms with Crippen molar-refractivity contribution >= 4 is 0 Å². The lowest BCUT2D eigenvalue weighted by molar-refractivity contribution is 0.133. The highest BCUT2D eigenvalue weighted by Gasteiger charge is 2.09. The van der Waals surface area contributed by atoms with Crippen molar-refractivity contribution < 1.29 is 20.1 Å². The van der Waals surface area contributed by atoms with Gasteiger partial charge in [-0.15, -0.1) is 0 Å². The fourth-order valence-electron chi connectivity index (χ4n) is 3.04. The second-order valence-corrected chi connectivity index (χ2v) is 7.03. The lowest BCUT2D eigenvalue weighted by atomic mass is 10.1. The van der Waals surface area contributed by atoms with Crippen LogP contribution in [0.25, 0.3) is 0 Å². The summed E-state index contributed by atoms with van der Waals surface area (Å²) < 4.78 is 5.69. The van der Waals surface area contributed by atoms with Gasteiger partial charge in [-0.3, -0.25) is 0 Å². The molecule has 4 N–H and O–H groups in total. The van der Waals surface area contributed by atoms with E-state index in [9.17, 15) is 15.3 Å². The van der Waals surface area contributed by atoms with Crippen molar-refractivity contribution in [3.63, 3.8) is 0 Å². The molecule has 28 heavy (non-hydrogen) atoms. The summed E-state index contributed by atoms with van der Waals surface area (Å²) in [5.41, 5.74) is 2.44. The number of ether oxygens (including phenoxy) is 1. The smallest absolute Gasteiger partial charge is 0.121 e. The summed E-state index contributed by atoms with van der Waals surface area (Å²) in [7, 11) is 0. The molecule has 0 aromatic heterocycles. The Morgan fingerprint density at radius 3 is 2.50 bits per heavy atom. The minimum Gasteiger partial charge on any atom is -0.508 e.